The van der Waals surface area contributed by atoms with E-state index < -0.39 is 6.04 Å². The normalized spacial score (nSPS) is 13.1. The SMILES string of the molecule is [2H]c1c([2H])c([2H])c(-c2cccc3oc4cc(-c5nc(-c6ccc(-c7ccccc7)cc6)nc(-n6c7ccccc7c7cc8c(cc76)sc6ccccc68)n5)ccc4c23)c([2H])c1[2H]. The number of para-hydroxylation sites is 1. The van der Waals surface area contributed by atoms with Crippen LogP contribution in [0.25, 0.3) is 115 Å². The summed E-state index contributed by atoms with van der Waals surface area (Å²) in [6.45, 7) is 0. The van der Waals surface area contributed by atoms with Crippen LogP contribution in [-0.4, -0.2) is 19.5 Å². The van der Waals surface area contributed by atoms with Crippen molar-refractivity contribution in [1.29, 1.82) is 0 Å². The van der Waals surface area contributed by atoms with E-state index in [-0.39, 0.29) is 29.7 Å². The summed E-state index contributed by atoms with van der Waals surface area (Å²) < 4.78 is 53.3. The predicted molar refractivity (Wildman–Crippen MR) is 236 cm³/mol. The topological polar surface area (TPSA) is 56.7 Å². The first-order valence-corrected chi connectivity index (χ1v) is 19.4. The molecule has 0 N–H and O–H groups in total. The summed E-state index contributed by atoms with van der Waals surface area (Å²) in [4.78, 5) is 15.6. The van der Waals surface area contributed by atoms with Crippen LogP contribution >= 0.6 is 11.3 Å². The number of aromatic nitrogens is 4. The average Bonchev–Trinajstić information content (AvgIpc) is 3.98. The monoisotopic (exact) mass is 751 g/mol. The number of thiophene rings is 1. The van der Waals surface area contributed by atoms with Crippen LogP contribution in [0.4, 0.5) is 0 Å². The van der Waals surface area contributed by atoms with Crippen molar-refractivity contribution in [3.05, 3.63) is 182 Å². The van der Waals surface area contributed by atoms with Gasteiger partial charge in [0.1, 0.15) is 11.2 Å². The molecular formula is C51H30N4OS. The first-order chi connectivity index (χ1) is 30.3. The van der Waals surface area contributed by atoms with Crippen LogP contribution < -0.4 is 0 Å². The van der Waals surface area contributed by atoms with Crippen molar-refractivity contribution in [2.24, 2.45) is 0 Å². The zero-order valence-corrected chi connectivity index (χ0v) is 30.9. The van der Waals surface area contributed by atoms with Crippen LogP contribution in [0, 0.1) is 0 Å². The van der Waals surface area contributed by atoms with Crippen LogP contribution in [0.2, 0.25) is 0 Å². The molecule has 5 nitrogen and oxygen atoms in total. The molecule has 0 saturated carbocycles. The van der Waals surface area contributed by atoms with E-state index in [2.05, 4.69) is 83.4 Å². The maximum atomic E-state index is 8.72. The number of hydrogen-bond donors (Lipinski definition) is 0. The molecule has 0 fully saturated rings. The number of furan rings is 1. The van der Waals surface area contributed by atoms with Gasteiger partial charge in [-0.15, -0.1) is 11.3 Å². The predicted octanol–water partition coefficient (Wildman–Crippen LogP) is 13.9. The van der Waals surface area contributed by atoms with Crippen molar-refractivity contribution in [3.8, 4) is 51.0 Å². The first kappa shape index (κ1) is 27.2. The van der Waals surface area contributed by atoms with Gasteiger partial charge in [0.2, 0.25) is 5.95 Å². The molecule has 4 heterocycles. The Kier molecular flexibility index (Phi) is 6.00. The van der Waals surface area contributed by atoms with Crippen molar-refractivity contribution < 1.29 is 11.3 Å². The Morgan fingerprint density at radius 3 is 2.04 bits per heavy atom. The summed E-state index contributed by atoms with van der Waals surface area (Å²) >= 11 is 1.77. The number of hydrogen-bond acceptors (Lipinski definition) is 5. The van der Waals surface area contributed by atoms with E-state index >= 15 is 0 Å². The lowest BCUT2D eigenvalue weighted by molar-refractivity contribution is 0.669. The third-order valence-corrected chi connectivity index (χ3v) is 11.9. The maximum absolute atomic E-state index is 8.72. The fourth-order valence-corrected chi connectivity index (χ4v) is 9.25. The van der Waals surface area contributed by atoms with E-state index in [0.29, 0.717) is 45.3 Å². The molecule has 0 aliphatic heterocycles. The maximum Gasteiger partial charge on any atom is 0.238 e. The Morgan fingerprint density at radius 1 is 0.456 bits per heavy atom. The van der Waals surface area contributed by atoms with Gasteiger partial charge in [0.05, 0.1) is 17.9 Å². The van der Waals surface area contributed by atoms with Gasteiger partial charge in [-0.25, -0.2) is 4.98 Å². The molecule has 4 aromatic heterocycles. The van der Waals surface area contributed by atoms with E-state index in [9.17, 15) is 0 Å². The van der Waals surface area contributed by atoms with E-state index in [1.165, 1.54) is 20.2 Å². The van der Waals surface area contributed by atoms with E-state index in [1.54, 1.807) is 23.5 Å². The molecule has 0 amide bonds. The summed E-state index contributed by atoms with van der Waals surface area (Å²) in [5, 5.41) is 6.02. The van der Waals surface area contributed by atoms with Crippen LogP contribution in [0.3, 0.4) is 0 Å². The van der Waals surface area contributed by atoms with Crippen molar-refractivity contribution in [1.82, 2.24) is 19.5 Å². The zero-order chi connectivity index (χ0) is 41.8. The molecule has 0 spiro atoms. The second kappa shape index (κ2) is 12.6. The van der Waals surface area contributed by atoms with E-state index in [1.807, 2.05) is 60.7 Å². The van der Waals surface area contributed by atoms with Gasteiger partial charge in [-0.05, 0) is 64.7 Å². The van der Waals surface area contributed by atoms with Crippen molar-refractivity contribution in [2.75, 3.05) is 0 Å². The summed E-state index contributed by atoms with van der Waals surface area (Å²) in [5.41, 5.74) is 7.35. The number of fused-ring (bicyclic) bond motifs is 9. The van der Waals surface area contributed by atoms with Gasteiger partial charge in [-0.2, -0.15) is 9.97 Å². The second-order valence-corrected chi connectivity index (χ2v) is 15.1. The van der Waals surface area contributed by atoms with Crippen molar-refractivity contribution in [2.45, 2.75) is 0 Å². The molecule has 8 aromatic carbocycles. The van der Waals surface area contributed by atoms with E-state index in [4.69, 9.17) is 26.2 Å². The van der Waals surface area contributed by atoms with Crippen molar-refractivity contribution >= 4 is 75.3 Å². The lowest BCUT2D eigenvalue weighted by atomic mass is 9.99. The smallest absolute Gasteiger partial charge is 0.238 e. The van der Waals surface area contributed by atoms with Crippen LogP contribution in [-0.2, 0) is 0 Å². The number of benzene rings is 8. The molecular weight excluding hydrogens is 717 g/mol. The molecule has 0 radical (unpaired) electrons. The highest BCUT2D eigenvalue weighted by Gasteiger charge is 2.21. The van der Waals surface area contributed by atoms with Gasteiger partial charge in [-0.1, -0.05) is 139 Å². The molecule has 0 unspecified atom stereocenters. The molecule has 0 saturated heterocycles. The molecule has 6 heteroatoms. The van der Waals surface area contributed by atoms with Crippen LogP contribution in [0.5, 0.6) is 0 Å². The molecule has 57 heavy (non-hydrogen) atoms. The Bertz CT molecular complexity index is 3790. The molecule has 12 rings (SSSR count). The molecule has 0 aliphatic carbocycles. The molecule has 0 aliphatic rings. The second-order valence-electron chi connectivity index (χ2n) is 14.0. The Morgan fingerprint density at radius 2 is 1.18 bits per heavy atom. The van der Waals surface area contributed by atoms with Gasteiger partial charge in [-0.3, -0.25) is 4.57 Å². The fraction of sp³-hybridized carbons (Fsp3) is 0. The molecule has 12 aromatic rings. The average molecular weight is 752 g/mol. The minimum atomic E-state index is -0.435. The zero-order valence-electron chi connectivity index (χ0n) is 35.0. The van der Waals surface area contributed by atoms with Crippen LogP contribution in [0.1, 0.15) is 6.85 Å². The minimum absolute atomic E-state index is 0.123. The lowest BCUT2D eigenvalue weighted by Crippen LogP contribution is -2.06. The Balaban J connectivity index is 1.08. The summed E-state index contributed by atoms with van der Waals surface area (Å²) in [6, 6.07) is 49.3. The third kappa shape index (κ3) is 5.12. The van der Waals surface area contributed by atoms with E-state index in [0.717, 1.165) is 43.9 Å². The lowest BCUT2D eigenvalue weighted by Gasteiger charge is -2.11. The third-order valence-electron chi connectivity index (χ3n) is 10.8. The highest BCUT2D eigenvalue weighted by Crippen LogP contribution is 2.41. The summed E-state index contributed by atoms with van der Waals surface area (Å²) in [7, 11) is 0. The van der Waals surface area contributed by atoms with Gasteiger partial charge in [0, 0.05) is 52.8 Å². The Hall–Kier alpha value is -7.41. The standard InChI is InChI=1S/C51H30N4OS/c1-3-12-31(13-4-1)32-22-24-34(25-23-32)49-52-50(35-26-27-39-45(28-35)56-44-20-11-18-36(48(39)44)33-14-5-2-6-15-33)54-51(53-49)55-42-19-9-7-16-37(42)40-29-41-38-17-8-10-21-46(38)57-47(41)30-43(40)55/h1-30H/i2D,5D,6D,14D,15D. The van der Waals surface area contributed by atoms with Gasteiger partial charge < -0.3 is 4.42 Å². The molecule has 266 valence electrons. The highest BCUT2D eigenvalue weighted by molar-refractivity contribution is 7.25. The van der Waals surface area contributed by atoms with Gasteiger partial charge in [0.15, 0.2) is 11.6 Å². The molecule has 0 atom stereocenters. The minimum Gasteiger partial charge on any atom is -0.456 e. The highest BCUT2D eigenvalue weighted by atomic mass is 32.1. The summed E-state index contributed by atoms with van der Waals surface area (Å²) in [6.07, 6.45) is 0. The number of nitrogens with zero attached hydrogens (tertiary/aromatic N) is 4. The first-order valence-electron chi connectivity index (χ1n) is 21.1. The quantitative estimate of drug-likeness (QED) is 0.176. The van der Waals surface area contributed by atoms with Crippen molar-refractivity contribution in [3.63, 3.8) is 0 Å². The Labute approximate surface area is 337 Å². The summed E-state index contributed by atoms with van der Waals surface area (Å²) in [5.74, 6) is 1.42. The van der Waals surface area contributed by atoms with Crippen LogP contribution in [0.15, 0.2) is 186 Å². The largest absolute Gasteiger partial charge is 0.456 e. The fourth-order valence-electron chi connectivity index (χ4n) is 8.13. The van der Waals surface area contributed by atoms with Gasteiger partial charge >= 0.3 is 0 Å². The number of rotatable bonds is 5. The van der Waals surface area contributed by atoms with Gasteiger partial charge in [0.25, 0.3) is 0 Å². The molecule has 0 bridgehead atoms.